The predicted molar refractivity (Wildman–Crippen MR) is 120 cm³/mol. The molecule has 6 nitrogen and oxygen atoms in total. The fourth-order valence-corrected chi connectivity index (χ4v) is 5.83. The number of benzene rings is 1. The van der Waals surface area contributed by atoms with Crippen molar-refractivity contribution in [2.24, 2.45) is 0 Å². The molecule has 1 saturated heterocycles. The summed E-state index contributed by atoms with van der Waals surface area (Å²) in [6.45, 7) is 4.11. The van der Waals surface area contributed by atoms with Crippen LogP contribution in [0.4, 0.5) is 10.8 Å². The summed E-state index contributed by atoms with van der Waals surface area (Å²) in [6, 6.07) is 7.91. The quantitative estimate of drug-likeness (QED) is 0.468. The molecule has 2 aromatic heterocycles. The lowest BCUT2D eigenvalue weighted by molar-refractivity contribution is -0.113. The third kappa shape index (κ3) is 4.42. The maximum absolute atomic E-state index is 12.4. The molecule has 0 spiro atoms. The Bertz CT molecular complexity index is 971. The number of aromatic nitrogens is 3. The number of thiazole rings is 1. The topological polar surface area (TPSA) is 71.0 Å². The van der Waals surface area contributed by atoms with Crippen LogP contribution in [0.3, 0.4) is 0 Å². The van der Waals surface area contributed by atoms with Gasteiger partial charge >= 0.3 is 0 Å². The summed E-state index contributed by atoms with van der Waals surface area (Å²) in [4.78, 5) is 28.2. The molecule has 0 unspecified atom stereocenters. The van der Waals surface area contributed by atoms with E-state index in [-0.39, 0.29) is 5.91 Å². The van der Waals surface area contributed by atoms with Crippen LogP contribution in [-0.4, -0.2) is 51.2 Å². The second kappa shape index (κ2) is 9.11. The normalized spacial score (nSPS) is 14.4. The minimum Gasteiger partial charge on any atom is -0.346 e. The molecule has 1 fully saturated rings. The van der Waals surface area contributed by atoms with Gasteiger partial charge in [0.05, 0.1) is 5.75 Å². The van der Waals surface area contributed by atoms with Crippen LogP contribution in [0.15, 0.2) is 35.6 Å². The maximum atomic E-state index is 12.4. The standard InChI is InChI=1S/C19H21N5OS3/c1-2-13-5-3-4-6-14(13)22-15(25)11-27-18-16-17(20-12-21-18)23-19(28-16)24-7-9-26-10-8-24/h3-6,12H,2,7-11H2,1H3,(H,22,25). The first-order valence-corrected chi connectivity index (χ1v) is 12.1. The molecule has 28 heavy (non-hydrogen) atoms. The Kier molecular flexibility index (Phi) is 6.33. The first-order chi connectivity index (χ1) is 13.7. The Morgan fingerprint density at radius 2 is 2.07 bits per heavy atom. The molecule has 1 amide bonds. The van der Waals surface area contributed by atoms with E-state index in [2.05, 4.69) is 32.1 Å². The highest BCUT2D eigenvalue weighted by molar-refractivity contribution is 8.00. The van der Waals surface area contributed by atoms with Crippen molar-refractivity contribution in [3.05, 3.63) is 36.2 Å². The number of rotatable bonds is 6. The number of nitrogens with one attached hydrogen (secondary N) is 1. The number of aryl methyl sites for hydroxylation is 1. The lowest BCUT2D eigenvalue weighted by Gasteiger charge is -2.25. The van der Waals surface area contributed by atoms with Gasteiger partial charge in [0.25, 0.3) is 0 Å². The van der Waals surface area contributed by atoms with Gasteiger partial charge in [0.15, 0.2) is 10.8 Å². The van der Waals surface area contributed by atoms with E-state index in [1.165, 1.54) is 18.1 Å². The van der Waals surface area contributed by atoms with Crippen molar-refractivity contribution in [3.63, 3.8) is 0 Å². The summed E-state index contributed by atoms with van der Waals surface area (Å²) in [7, 11) is 0. The second-order valence-electron chi connectivity index (χ2n) is 6.27. The van der Waals surface area contributed by atoms with Crippen molar-refractivity contribution in [1.82, 2.24) is 15.0 Å². The maximum Gasteiger partial charge on any atom is 0.234 e. The molecule has 1 aliphatic rings. The van der Waals surface area contributed by atoms with Gasteiger partial charge in [0.1, 0.15) is 16.1 Å². The highest BCUT2D eigenvalue weighted by atomic mass is 32.2. The van der Waals surface area contributed by atoms with Crippen LogP contribution in [0, 0.1) is 0 Å². The van der Waals surface area contributed by atoms with Crippen molar-refractivity contribution in [2.45, 2.75) is 18.4 Å². The molecule has 9 heteroatoms. The number of thioether (sulfide) groups is 2. The molecule has 0 bridgehead atoms. The number of carbonyl (C=O) groups excluding carboxylic acids is 1. The third-order valence-corrected chi connectivity index (χ3v) is 7.61. The predicted octanol–water partition coefficient (Wildman–Crippen LogP) is 3.93. The summed E-state index contributed by atoms with van der Waals surface area (Å²) in [5, 5.41) is 4.83. The average Bonchev–Trinajstić information content (AvgIpc) is 3.18. The van der Waals surface area contributed by atoms with Crippen LogP contribution < -0.4 is 10.2 Å². The number of amides is 1. The Balaban J connectivity index is 1.45. The number of para-hydroxylation sites is 1. The second-order valence-corrected chi connectivity index (χ2v) is 9.44. The Hall–Kier alpha value is -1.84. The van der Waals surface area contributed by atoms with Gasteiger partial charge in [0, 0.05) is 30.3 Å². The smallest absolute Gasteiger partial charge is 0.234 e. The molecular weight excluding hydrogens is 410 g/mol. The van der Waals surface area contributed by atoms with E-state index in [9.17, 15) is 4.79 Å². The van der Waals surface area contributed by atoms with Gasteiger partial charge in [-0.05, 0) is 18.1 Å². The fourth-order valence-electron chi connectivity index (χ4n) is 2.99. The minimum absolute atomic E-state index is 0.0320. The molecule has 146 valence electrons. The van der Waals surface area contributed by atoms with Crippen molar-refractivity contribution in [2.75, 3.05) is 40.6 Å². The van der Waals surface area contributed by atoms with E-state index in [0.717, 1.165) is 57.1 Å². The van der Waals surface area contributed by atoms with E-state index in [1.54, 1.807) is 11.3 Å². The first kappa shape index (κ1) is 19.5. The molecule has 4 rings (SSSR count). The fraction of sp³-hybridized carbons (Fsp3) is 0.368. The zero-order valence-electron chi connectivity index (χ0n) is 15.6. The number of fused-ring (bicyclic) bond motifs is 1. The molecule has 0 radical (unpaired) electrons. The first-order valence-electron chi connectivity index (χ1n) is 9.19. The highest BCUT2D eigenvalue weighted by Gasteiger charge is 2.18. The van der Waals surface area contributed by atoms with Crippen LogP contribution >= 0.6 is 34.9 Å². The lowest BCUT2D eigenvalue weighted by Crippen LogP contribution is -2.32. The van der Waals surface area contributed by atoms with Crippen LogP contribution in [0.2, 0.25) is 0 Å². The van der Waals surface area contributed by atoms with Crippen LogP contribution in [0.5, 0.6) is 0 Å². The van der Waals surface area contributed by atoms with Crippen molar-refractivity contribution < 1.29 is 4.79 Å². The van der Waals surface area contributed by atoms with Gasteiger partial charge in [-0.1, -0.05) is 48.2 Å². The van der Waals surface area contributed by atoms with Crippen molar-refractivity contribution in [1.29, 1.82) is 0 Å². The molecular formula is C19H21N5OS3. The van der Waals surface area contributed by atoms with E-state index < -0.39 is 0 Å². The zero-order chi connectivity index (χ0) is 19.3. The van der Waals surface area contributed by atoms with E-state index in [4.69, 9.17) is 0 Å². The minimum atomic E-state index is -0.0320. The van der Waals surface area contributed by atoms with Gasteiger partial charge < -0.3 is 10.2 Å². The third-order valence-electron chi connectivity index (χ3n) is 4.44. The van der Waals surface area contributed by atoms with Crippen LogP contribution in [0.25, 0.3) is 10.3 Å². The molecule has 3 aromatic rings. The highest BCUT2D eigenvalue weighted by Crippen LogP contribution is 2.34. The SMILES string of the molecule is CCc1ccccc1NC(=O)CSc1ncnc2nc(N3CCSCC3)sc12. The number of anilines is 2. The number of carbonyl (C=O) groups is 1. The van der Waals surface area contributed by atoms with E-state index in [1.807, 2.05) is 36.0 Å². The van der Waals surface area contributed by atoms with Gasteiger partial charge in [-0.15, -0.1) is 0 Å². The number of hydrogen-bond donors (Lipinski definition) is 1. The largest absolute Gasteiger partial charge is 0.346 e. The molecule has 0 atom stereocenters. The molecule has 1 aromatic carbocycles. The lowest BCUT2D eigenvalue weighted by atomic mass is 10.1. The van der Waals surface area contributed by atoms with Crippen LogP contribution in [0.1, 0.15) is 12.5 Å². The van der Waals surface area contributed by atoms with Gasteiger partial charge in [0.2, 0.25) is 5.91 Å². The Morgan fingerprint density at radius 1 is 1.25 bits per heavy atom. The Labute approximate surface area is 176 Å². The van der Waals surface area contributed by atoms with Crippen molar-refractivity contribution in [3.8, 4) is 0 Å². The number of nitrogens with zero attached hydrogens (tertiary/aromatic N) is 4. The summed E-state index contributed by atoms with van der Waals surface area (Å²) >= 11 is 5.03. The van der Waals surface area contributed by atoms with Gasteiger partial charge in [-0.2, -0.15) is 16.7 Å². The summed E-state index contributed by atoms with van der Waals surface area (Å²) in [5.41, 5.74) is 2.73. The van der Waals surface area contributed by atoms with Crippen LogP contribution in [-0.2, 0) is 11.2 Å². The Morgan fingerprint density at radius 3 is 2.89 bits per heavy atom. The molecule has 1 aliphatic heterocycles. The van der Waals surface area contributed by atoms with E-state index in [0.29, 0.717) is 11.4 Å². The number of hydrogen-bond acceptors (Lipinski definition) is 8. The molecule has 1 N–H and O–H groups in total. The zero-order valence-corrected chi connectivity index (χ0v) is 18.0. The average molecular weight is 432 g/mol. The molecule has 0 saturated carbocycles. The monoisotopic (exact) mass is 431 g/mol. The van der Waals surface area contributed by atoms with E-state index >= 15 is 0 Å². The molecule has 3 heterocycles. The van der Waals surface area contributed by atoms with Gasteiger partial charge in [-0.3, -0.25) is 4.79 Å². The summed E-state index contributed by atoms with van der Waals surface area (Å²) in [5.74, 6) is 2.53. The summed E-state index contributed by atoms with van der Waals surface area (Å²) in [6.07, 6.45) is 2.42. The molecule has 0 aliphatic carbocycles. The van der Waals surface area contributed by atoms with Gasteiger partial charge in [-0.25, -0.2) is 9.97 Å². The van der Waals surface area contributed by atoms with Crippen molar-refractivity contribution >= 4 is 61.9 Å². The summed E-state index contributed by atoms with van der Waals surface area (Å²) < 4.78 is 0.961.